The standard InChI is InChI=1S/C18H17N5O/c1-10-7-11(2)9-12(8-10)23-16(19)15(18(24)22-23)17-20-13-5-3-4-6-14(13)21-17/h3-9H,19H2,1-2H3,(H,20,21)(H,22,24). The first-order chi connectivity index (χ1) is 11.5. The zero-order valence-electron chi connectivity index (χ0n) is 13.4. The van der Waals surface area contributed by atoms with Gasteiger partial charge in [0.1, 0.15) is 17.2 Å². The summed E-state index contributed by atoms with van der Waals surface area (Å²) in [5, 5.41) is 2.80. The second-order valence-corrected chi connectivity index (χ2v) is 5.99. The largest absolute Gasteiger partial charge is 0.383 e. The molecule has 0 spiro atoms. The van der Waals surface area contributed by atoms with Crippen molar-refractivity contribution in [2.75, 3.05) is 5.73 Å². The van der Waals surface area contributed by atoms with Crippen LogP contribution < -0.4 is 11.3 Å². The average molecular weight is 319 g/mol. The van der Waals surface area contributed by atoms with Crippen molar-refractivity contribution in [3.8, 4) is 17.1 Å². The van der Waals surface area contributed by atoms with Gasteiger partial charge in [-0.05, 0) is 49.2 Å². The lowest BCUT2D eigenvalue weighted by Crippen LogP contribution is -2.06. The lowest BCUT2D eigenvalue weighted by molar-refractivity contribution is 0.871. The Hall–Kier alpha value is -3.28. The van der Waals surface area contributed by atoms with Gasteiger partial charge in [0.05, 0.1) is 16.7 Å². The highest BCUT2D eigenvalue weighted by Gasteiger charge is 2.18. The van der Waals surface area contributed by atoms with Crippen molar-refractivity contribution >= 4 is 16.9 Å². The normalized spacial score (nSPS) is 11.2. The summed E-state index contributed by atoms with van der Waals surface area (Å²) >= 11 is 0. The molecule has 6 heteroatoms. The maximum absolute atomic E-state index is 12.5. The Balaban J connectivity index is 1.92. The summed E-state index contributed by atoms with van der Waals surface area (Å²) in [6.07, 6.45) is 0. The van der Waals surface area contributed by atoms with Crippen molar-refractivity contribution in [2.45, 2.75) is 13.8 Å². The van der Waals surface area contributed by atoms with Gasteiger partial charge in [-0.1, -0.05) is 18.2 Å². The Kier molecular flexibility index (Phi) is 3.06. The SMILES string of the molecule is Cc1cc(C)cc(-n2[nH]c(=O)c(-c3nc4ccccc4[nH]3)c2N)c1. The van der Waals surface area contributed by atoms with E-state index in [-0.39, 0.29) is 5.56 Å². The van der Waals surface area contributed by atoms with Crippen LogP contribution in [0.1, 0.15) is 11.1 Å². The van der Waals surface area contributed by atoms with E-state index in [1.807, 2.05) is 50.2 Å². The lowest BCUT2D eigenvalue weighted by atomic mass is 10.1. The van der Waals surface area contributed by atoms with Crippen LogP contribution in [0.15, 0.2) is 47.3 Å². The molecule has 4 aromatic rings. The van der Waals surface area contributed by atoms with Gasteiger partial charge in [0, 0.05) is 0 Å². The van der Waals surface area contributed by atoms with Gasteiger partial charge in [-0.3, -0.25) is 9.89 Å². The van der Waals surface area contributed by atoms with Crippen molar-refractivity contribution in [2.24, 2.45) is 0 Å². The molecule has 0 unspecified atom stereocenters. The second kappa shape index (κ2) is 5.13. The number of nitrogens with zero attached hydrogens (tertiary/aromatic N) is 2. The van der Waals surface area contributed by atoms with Crippen molar-refractivity contribution in [1.82, 2.24) is 19.7 Å². The third-order valence-electron chi connectivity index (χ3n) is 4.03. The van der Waals surface area contributed by atoms with Gasteiger partial charge in [-0.25, -0.2) is 9.67 Å². The third-order valence-corrected chi connectivity index (χ3v) is 4.03. The number of imidazole rings is 1. The Morgan fingerprint density at radius 3 is 2.50 bits per heavy atom. The molecule has 4 rings (SSSR count). The number of hydrogen-bond acceptors (Lipinski definition) is 3. The molecule has 0 atom stereocenters. The molecule has 2 aromatic carbocycles. The summed E-state index contributed by atoms with van der Waals surface area (Å²) in [5.74, 6) is 0.808. The van der Waals surface area contributed by atoms with Crippen LogP contribution in [0.5, 0.6) is 0 Å². The van der Waals surface area contributed by atoms with Crippen LogP contribution in [-0.2, 0) is 0 Å². The van der Waals surface area contributed by atoms with Gasteiger partial charge in [-0.15, -0.1) is 0 Å². The molecule has 6 nitrogen and oxygen atoms in total. The summed E-state index contributed by atoms with van der Waals surface area (Å²) in [6, 6.07) is 13.6. The molecule has 0 bridgehead atoms. The van der Waals surface area contributed by atoms with Crippen molar-refractivity contribution in [3.63, 3.8) is 0 Å². The van der Waals surface area contributed by atoms with Crippen molar-refractivity contribution in [1.29, 1.82) is 0 Å². The number of anilines is 1. The number of aryl methyl sites for hydroxylation is 2. The summed E-state index contributed by atoms with van der Waals surface area (Å²) in [7, 11) is 0. The van der Waals surface area contributed by atoms with Gasteiger partial charge < -0.3 is 10.7 Å². The van der Waals surface area contributed by atoms with Crippen molar-refractivity contribution < 1.29 is 0 Å². The van der Waals surface area contributed by atoms with E-state index in [9.17, 15) is 4.79 Å². The third kappa shape index (κ3) is 2.20. The number of fused-ring (bicyclic) bond motifs is 1. The molecule has 24 heavy (non-hydrogen) atoms. The minimum atomic E-state index is -0.272. The molecule has 2 heterocycles. The molecular formula is C18H17N5O. The summed E-state index contributed by atoms with van der Waals surface area (Å²) in [4.78, 5) is 20.1. The number of H-pyrrole nitrogens is 2. The predicted molar refractivity (Wildman–Crippen MR) is 95.4 cm³/mol. The van der Waals surface area contributed by atoms with Gasteiger partial charge in [0.15, 0.2) is 0 Å². The first-order valence-electron chi connectivity index (χ1n) is 7.67. The van der Waals surface area contributed by atoms with E-state index >= 15 is 0 Å². The van der Waals surface area contributed by atoms with Crippen molar-refractivity contribution in [3.05, 3.63) is 63.9 Å². The fraction of sp³-hybridized carbons (Fsp3) is 0.111. The molecule has 0 aliphatic rings. The van der Waals surface area contributed by atoms with Crippen LogP contribution in [0.25, 0.3) is 28.1 Å². The lowest BCUT2D eigenvalue weighted by Gasteiger charge is -2.08. The molecule has 0 radical (unpaired) electrons. The monoisotopic (exact) mass is 319 g/mol. The average Bonchev–Trinajstić information content (AvgIpc) is 3.06. The Labute approximate surface area is 137 Å². The van der Waals surface area contributed by atoms with Crippen LogP contribution >= 0.6 is 0 Å². The van der Waals surface area contributed by atoms with E-state index in [2.05, 4.69) is 21.1 Å². The maximum atomic E-state index is 12.5. The summed E-state index contributed by atoms with van der Waals surface area (Å²) in [6.45, 7) is 4.02. The van der Waals surface area contributed by atoms with E-state index < -0.39 is 0 Å². The predicted octanol–water partition coefficient (Wildman–Crippen LogP) is 2.91. The summed E-state index contributed by atoms with van der Waals surface area (Å²) < 4.78 is 1.60. The highest BCUT2D eigenvalue weighted by molar-refractivity contribution is 5.81. The zero-order valence-corrected chi connectivity index (χ0v) is 13.4. The van der Waals surface area contributed by atoms with Gasteiger partial charge in [-0.2, -0.15) is 0 Å². The van der Waals surface area contributed by atoms with Crippen LogP contribution in [0.2, 0.25) is 0 Å². The topological polar surface area (TPSA) is 92.5 Å². The first-order valence-corrected chi connectivity index (χ1v) is 7.67. The molecule has 0 fully saturated rings. The molecule has 0 saturated heterocycles. The molecule has 0 amide bonds. The van der Waals surface area contributed by atoms with Crippen LogP contribution in [-0.4, -0.2) is 19.7 Å². The number of aromatic amines is 2. The molecule has 0 aliphatic carbocycles. The highest BCUT2D eigenvalue weighted by Crippen LogP contribution is 2.25. The Morgan fingerprint density at radius 2 is 1.79 bits per heavy atom. The quantitative estimate of drug-likeness (QED) is 0.530. The fourth-order valence-corrected chi connectivity index (χ4v) is 3.03. The van der Waals surface area contributed by atoms with E-state index in [0.717, 1.165) is 27.8 Å². The van der Waals surface area contributed by atoms with Gasteiger partial charge in [0.25, 0.3) is 5.56 Å². The van der Waals surface area contributed by atoms with E-state index in [1.165, 1.54) is 0 Å². The van der Waals surface area contributed by atoms with E-state index in [0.29, 0.717) is 17.2 Å². The molecule has 2 aromatic heterocycles. The van der Waals surface area contributed by atoms with Crippen LogP contribution in [0.4, 0.5) is 5.82 Å². The maximum Gasteiger partial charge on any atom is 0.277 e. The Morgan fingerprint density at radius 1 is 1.08 bits per heavy atom. The number of nitrogen functional groups attached to an aromatic ring is 1. The smallest absolute Gasteiger partial charge is 0.277 e. The Bertz CT molecular complexity index is 1060. The number of nitrogens with one attached hydrogen (secondary N) is 2. The number of hydrogen-bond donors (Lipinski definition) is 3. The molecule has 0 aliphatic heterocycles. The molecule has 0 saturated carbocycles. The number of nitrogens with two attached hydrogens (primary N) is 1. The second-order valence-electron chi connectivity index (χ2n) is 5.99. The first kappa shape index (κ1) is 14.3. The molecule has 4 N–H and O–H groups in total. The molecule has 120 valence electrons. The highest BCUT2D eigenvalue weighted by atomic mass is 16.1. The fourth-order valence-electron chi connectivity index (χ4n) is 3.03. The number of para-hydroxylation sites is 2. The van der Waals surface area contributed by atoms with E-state index in [4.69, 9.17) is 5.73 Å². The van der Waals surface area contributed by atoms with Crippen LogP contribution in [0, 0.1) is 13.8 Å². The number of rotatable bonds is 2. The van der Waals surface area contributed by atoms with Gasteiger partial charge in [0.2, 0.25) is 0 Å². The number of benzene rings is 2. The number of aromatic nitrogens is 4. The van der Waals surface area contributed by atoms with Gasteiger partial charge >= 0.3 is 0 Å². The minimum absolute atomic E-state index is 0.272. The summed E-state index contributed by atoms with van der Waals surface area (Å²) in [5.41, 5.74) is 11.0. The minimum Gasteiger partial charge on any atom is -0.383 e. The van der Waals surface area contributed by atoms with E-state index in [1.54, 1.807) is 4.68 Å². The zero-order chi connectivity index (χ0) is 16.8. The van der Waals surface area contributed by atoms with Crippen LogP contribution in [0.3, 0.4) is 0 Å². The molecular weight excluding hydrogens is 302 g/mol.